The van der Waals surface area contributed by atoms with Gasteiger partial charge in [-0.2, -0.15) is 0 Å². The predicted octanol–water partition coefficient (Wildman–Crippen LogP) is 3.22. The Morgan fingerprint density at radius 3 is 2.55 bits per heavy atom. The maximum atomic E-state index is 5.55. The third-order valence-corrected chi connectivity index (χ3v) is 3.22. The maximum absolute atomic E-state index is 5.55. The van der Waals surface area contributed by atoms with Crippen LogP contribution in [-0.2, 0) is 6.42 Å². The van der Waals surface area contributed by atoms with Gasteiger partial charge in [0.1, 0.15) is 0 Å². The lowest BCUT2D eigenvalue weighted by molar-refractivity contribution is 0.263. The Hall–Kier alpha value is -1.16. The minimum atomic E-state index is 0.192. The second kappa shape index (κ2) is 8.20. The van der Waals surface area contributed by atoms with Crippen LogP contribution in [0, 0.1) is 5.41 Å². The fourth-order valence-electron chi connectivity index (χ4n) is 1.97. The zero-order valence-corrected chi connectivity index (χ0v) is 13.6. The van der Waals surface area contributed by atoms with Crippen LogP contribution >= 0.6 is 0 Å². The van der Waals surface area contributed by atoms with E-state index in [1.54, 1.807) is 6.20 Å². The first-order valence-electron chi connectivity index (χ1n) is 7.64. The standard InChI is InChI=1S/C16H29N3O/c1-6-8-18-14(16(3,4)5)10-13-11-17-12-15(19-13)20-9-7-2/h11-12,14,18H,6-10H2,1-5H3. The van der Waals surface area contributed by atoms with E-state index in [0.717, 1.165) is 31.5 Å². The van der Waals surface area contributed by atoms with Gasteiger partial charge in [0.15, 0.2) is 0 Å². The van der Waals surface area contributed by atoms with E-state index in [-0.39, 0.29) is 5.41 Å². The molecule has 0 aliphatic heterocycles. The topological polar surface area (TPSA) is 47.0 Å². The highest BCUT2D eigenvalue weighted by molar-refractivity contribution is 5.10. The van der Waals surface area contributed by atoms with E-state index in [1.807, 2.05) is 6.20 Å². The van der Waals surface area contributed by atoms with Gasteiger partial charge in [0.25, 0.3) is 0 Å². The molecule has 1 N–H and O–H groups in total. The van der Waals surface area contributed by atoms with Crippen LogP contribution in [0.5, 0.6) is 5.88 Å². The summed E-state index contributed by atoms with van der Waals surface area (Å²) in [5.41, 5.74) is 1.18. The molecule has 1 atom stereocenters. The highest BCUT2D eigenvalue weighted by Crippen LogP contribution is 2.22. The van der Waals surface area contributed by atoms with Gasteiger partial charge in [-0.3, -0.25) is 4.98 Å². The smallest absolute Gasteiger partial charge is 0.232 e. The molecule has 4 nitrogen and oxygen atoms in total. The molecular weight excluding hydrogens is 250 g/mol. The summed E-state index contributed by atoms with van der Waals surface area (Å²) in [5, 5.41) is 3.61. The number of ether oxygens (including phenoxy) is 1. The third kappa shape index (κ3) is 5.87. The maximum Gasteiger partial charge on any atom is 0.232 e. The molecule has 1 rings (SSSR count). The molecule has 0 aliphatic rings. The van der Waals surface area contributed by atoms with Crippen molar-refractivity contribution in [2.75, 3.05) is 13.2 Å². The SMILES string of the molecule is CCCNC(Cc1cncc(OCCC)n1)C(C)(C)C. The van der Waals surface area contributed by atoms with Crippen molar-refractivity contribution < 1.29 is 4.74 Å². The minimum Gasteiger partial charge on any atom is -0.477 e. The number of rotatable bonds is 8. The van der Waals surface area contributed by atoms with Gasteiger partial charge in [-0.05, 0) is 24.8 Å². The van der Waals surface area contributed by atoms with Crippen LogP contribution in [-0.4, -0.2) is 29.2 Å². The summed E-state index contributed by atoms with van der Waals surface area (Å²) in [5.74, 6) is 0.632. The Morgan fingerprint density at radius 2 is 1.95 bits per heavy atom. The number of hydrogen-bond donors (Lipinski definition) is 1. The first-order chi connectivity index (χ1) is 9.47. The molecule has 0 aliphatic carbocycles. The van der Waals surface area contributed by atoms with E-state index in [1.165, 1.54) is 0 Å². The van der Waals surface area contributed by atoms with Crippen molar-refractivity contribution in [2.45, 2.75) is 59.9 Å². The molecule has 0 saturated carbocycles. The van der Waals surface area contributed by atoms with E-state index >= 15 is 0 Å². The lowest BCUT2D eigenvalue weighted by Gasteiger charge is -2.31. The van der Waals surface area contributed by atoms with Crippen molar-refractivity contribution in [1.29, 1.82) is 0 Å². The van der Waals surface area contributed by atoms with Crippen LogP contribution < -0.4 is 10.1 Å². The van der Waals surface area contributed by atoms with Gasteiger partial charge in [-0.25, -0.2) is 4.98 Å². The van der Waals surface area contributed by atoms with Crippen molar-refractivity contribution in [2.24, 2.45) is 5.41 Å². The molecule has 0 radical (unpaired) electrons. The Kier molecular flexibility index (Phi) is 6.93. The summed E-state index contributed by atoms with van der Waals surface area (Å²) in [6.45, 7) is 12.8. The summed E-state index contributed by atoms with van der Waals surface area (Å²) >= 11 is 0. The third-order valence-electron chi connectivity index (χ3n) is 3.22. The van der Waals surface area contributed by atoms with Crippen molar-refractivity contribution in [3.63, 3.8) is 0 Å². The molecule has 1 unspecified atom stereocenters. The normalized spacial score (nSPS) is 13.2. The van der Waals surface area contributed by atoms with Crippen molar-refractivity contribution in [1.82, 2.24) is 15.3 Å². The van der Waals surface area contributed by atoms with Crippen molar-refractivity contribution >= 4 is 0 Å². The quantitative estimate of drug-likeness (QED) is 0.793. The molecule has 0 aromatic carbocycles. The van der Waals surface area contributed by atoms with Crippen LogP contribution in [0.25, 0.3) is 0 Å². The zero-order valence-electron chi connectivity index (χ0n) is 13.6. The summed E-state index contributed by atoms with van der Waals surface area (Å²) < 4.78 is 5.55. The zero-order chi connectivity index (χ0) is 15.0. The van der Waals surface area contributed by atoms with Gasteiger partial charge in [0, 0.05) is 18.7 Å². The first-order valence-corrected chi connectivity index (χ1v) is 7.64. The van der Waals surface area contributed by atoms with E-state index in [4.69, 9.17) is 4.74 Å². The monoisotopic (exact) mass is 279 g/mol. The number of nitrogens with zero attached hydrogens (tertiary/aromatic N) is 2. The molecule has 20 heavy (non-hydrogen) atoms. The molecule has 1 heterocycles. The lowest BCUT2D eigenvalue weighted by atomic mass is 9.84. The molecule has 0 fully saturated rings. The van der Waals surface area contributed by atoms with Crippen LogP contribution in [0.2, 0.25) is 0 Å². The van der Waals surface area contributed by atoms with Crippen LogP contribution in [0.1, 0.15) is 53.2 Å². The Bertz CT molecular complexity index is 388. The number of aromatic nitrogens is 2. The molecule has 4 heteroatoms. The predicted molar refractivity (Wildman–Crippen MR) is 83.1 cm³/mol. The van der Waals surface area contributed by atoms with E-state index in [0.29, 0.717) is 18.5 Å². The fourth-order valence-corrected chi connectivity index (χ4v) is 1.97. The van der Waals surface area contributed by atoms with Crippen LogP contribution in [0.4, 0.5) is 0 Å². The summed E-state index contributed by atoms with van der Waals surface area (Å²) in [6, 6.07) is 0.387. The average molecular weight is 279 g/mol. The van der Waals surface area contributed by atoms with E-state index in [2.05, 4.69) is 49.9 Å². The lowest BCUT2D eigenvalue weighted by Crippen LogP contribution is -2.42. The molecule has 114 valence electrons. The highest BCUT2D eigenvalue weighted by Gasteiger charge is 2.24. The van der Waals surface area contributed by atoms with Crippen molar-refractivity contribution in [3.05, 3.63) is 18.1 Å². The first kappa shape index (κ1) is 16.9. The van der Waals surface area contributed by atoms with Gasteiger partial charge in [-0.1, -0.05) is 34.6 Å². The summed E-state index contributed by atoms with van der Waals surface area (Å²) in [7, 11) is 0. The van der Waals surface area contributed by atoms with Gasteiger partial charge in [0.05, 0.1) is 18.5 Å². The molecule has 0 saturated heterocycles. The second-order valence-corrected chi connectivity index (χ2v) is 6.27. The number of nitrogens with one attached hydrogen (secondary N) is 1. The fraction of sp³-hybridized carbons (Fsp3) is 0.750. The highest BCUT2D eigenvalue weighted by atomic mass is 16.5. The summed E-state index contributed by atoms with van der Waals surface area (Å²) in [4.78, 5) is 8.78. The molecule has 0 amide bonds. The molecule has 1 aromatic heterocycles. The molecule has 1 aromatic rings. The van der Waals surface area contributed by atoms with Gasteiger partial charge in [-0.15, -0.1) is 0 Å². The largest absolute Gasteiger partial charge is 0.477 e. The van der Waals surface area contributed by atoms with Gasteiger partial charge in [0.2, 0.25) is 5.88 Å². The molecular formula is C16H29N3O. The van der Waals surface area contributed by atoms with Gasteiger partial charge < -0.3 is 10.1 Å². The second-order valence-electron chi connectivity index (χ2n) is 6.27. The van der Waals surface area contributed by atoms with E-state index in [9.17, 15) is 0 Å². The van der Waals surface area contributed by atoms with E-state index < -0.39 is 0 Å². The van der Waals surface area contributed by atoms with Crippen LogP contribution in [0.3, 0.4) is 0 Å². The molecule has 0 bridgehead atoms. The van der Waals surface area contributed by atoms with Crippen molar-refractivity contribution in [3.8, 4) is 5.88 Å². The summed E-state index contributed by atoms with van der Waals surface area (Å²) in [6.07, 6.45) is 6.52. The van der Waals surface area contributed by atoms with Gasteiger partial charge >= 0.3 is 0 Å². The average Bonchev–Trinajstić information content (AvgIpc) is 2.40. The Labute approximate surface area is 123 Å². The Balaban J connectivity index is 2.72. The Morgan fingerprint density at radius 1 is 1.20 bits per heavy atom. The van der Waals surface area contributed by atoms with Crippen LogP contribution in [0.15, 0.2) is 12.4 Å². The minimum absolute atomic E-state index is 0.192. The number of hydrogen-bond acceptors (Lipinski definition) is 4. The molecule has 0 spiro atoms.